The van der Waals surface area contributed by atoms with Gasteiger partial charge >= 0.3 is 0 Å². The Balaban J connectivity index is 2.27. The molecule has 3 aromatic rings. The van der Waals surface area contributed by atoms with Crippen LogP contribution in [0.5, 0.6) is 5.75 Å². The number of anilines is 1. The Morgan fingerprint density at radius 1 is 1.21 bits per heavy atom. The van der Waals surface area contributed by atoms with Crippen LogP contribution >= 0.6 is 11.6 Å². The van der Waals surface area contributed by atoms with E-state index in [1.807, 2.05) is 23.7 Å². The van der Waals surface area contributed by atoms with Gasteiger partial charge in [-0.15, -0.1) is 0 Å². The molecule has 3 N–H and O–H groups in total. The fourth-order valence-corrected chi connectivity index (χ4v) is 2.32. The second-order valence-corrected chi connectivity index (χ2v) is 4.84. The first kappa shape index (κ1) is 11.9. The first-order valence-electron chi connectivity index (χ1n) is 5.77. The van der Waals surface area contributed by atoms with E-state index in [1.165, 1.54) is 6.07 Å². The quantitative estimate of drug-likeness (QED) is 0.669. The van der Waals surface area contributed by atoms with Gasteiger partial charge in [0.15, 0.2) is 0 Å². The monoisotopic (exact) mass is 273 g/mol. The Hall–Kier alpha value is -2.20. The van der Waals surface area contributed by atoms with E-state index in [0.717, 1.165) is 11.0 Å². The lowest BCUT2D eigenvalue weighted by Crippen LogP contribution is -1.93. The summed E-state index contributed by atoms with van der Waals surface area (Å²) in [4.78, 5) is 4.51. The Morgan fingerprint density at radius 2 is 2.00 bits per heavy atom. The predicted molar refractivity (Wildman–Crippen MR) is 77.2 cm³/mol. The number of nitrogen functional groups attached to an aromatic ring is 1. The van der Waals surface area contributed by atoms with Gasteiger partial charge in [-0.25, -0.2) is 4.98 Å². The normalized spacial score (nSPS) is 11.1. The number of benzene rings is 2. The summed E-state index contributed by atoms with van der Waals surface area (Å²) in [6.07, 6.45) is 0. The SMILES string of the molecule is Cn1c(-c2ccc(N)cc2O)nc2cc(Cl)ccc21. The standard InChI is InChI=1S/C14H12ClN3O/c1-18-12-5-2-8(15)6-11(12)17-14(18)10-4-3-9(16)7-13(10)19/h2-7,19H,16H2,1H3. The fourth-order valence-electron chi connectivity index (χ4n) is 2.15. The van der Waals surface area contributed by atoms with Crippen LogP contribution < -0.4 is 5.73 Å². The van der Waals surface area contributed by atoms with Crippen molar-refractivity contribution in [1.29, 1.82) is 0 Å². The van der Waals surface area contributed by atoms with E-state index in [2.05, 4.69) is 4.98 Å². The van der Waals surface area contributed by atoms with Crippen LogP contribution in [0.25, 0.3) is 22.4 Å². The molecular weight excluding hydrogens is 262 g/mol. The Labute approximate surface area is 115 Å². The maximum atomic E-state index is 9.99. The summed E-state index contributed by atoms with van der Waals surface area (Å²) in [5.41, 5.74) is 8.54. The molecule has 3 rings (SSSR count). The molecule has 1 aromatic heterocycles. The number of aromatic hydroxyl groups is 1. The summed E-state index contributed by atoms with van der Waals surface area (Å²) in [7, 11) is 1.90. The minimum Gasteiger partial charge on any atom is -0.507 e. The van der Waals surface area contributed by atoms with Crippen LogP contribution in [0.1, 0.15) is 0 Å². The van der Waals surface area contributed by atoms with Crippen LogP contribution in [0.3, 0.4) is 0 Å². The number of phenolic OH excluding ortho intramolecular Hbond substituents is 1. The minimum atomic E-state index is 0.115. The zero-order valence-electron chi connectivity index (χ0n) is 10.3. The third-order valence-corrected chi connectivity index (χ3v) is 3.34. The average molecular weight is 274 g/mol. The first-order valence-corrected chi connectivity index (χ1v) is 6.15. The highest BCUT2D eigenvalue weighted by Gasteiger charge is 2.13. The van der Waals surface area contributed by atoms with Crippen molar-refractivity contribution >= 4 is 28.3 Å². The molecule has 96 valence electrons. The van der Waals surface area contributed by atoms with E-state index in [9.17, 15) is 5.11 Å². The minimum absolute atomic E-state index is 0.115. The number of nitrogens with two attached hydrogens (primary N) is 1. The van der Waals surface area contributed by atoms with Crippen molar-refractivity contribution < 1.29 is 5.11 Å². The maximum Gasteiger partial charge on any atom is 0.144 e. The van der Waals surface area contributed by atoms with Gasteiger partial charge in [0, 0.05) is 23.8 Å². The molecule has 1 heterocycles. The molecule has 0 saturated carbocycles. The molecule has 0 aliphatic heterocycles. The molecule has 5 heteroatoms. The van der Waals surface area contributed by atoms with Gasteiger partial charge in [0.05, 0.1) is 16.6 Å². The second-order valence-electron chi connectivity index (χ2n) is 4.40. The molecule has 0 unspecified atom stereocenters. The molecule has 0 fully saturated rings. The lowest BCUT2D eigenvalue weighted by molar-refractivity contribution is 0.477. The van der Waals surface area contributed by atoms with Gasteiger partial charge in [0.2, 0.25) is 0 Å². The number of imidazole rings is 1. The predicted octanol–water partition coefficient (Wildman–Crippen LogP) is 3.18. The highest BCUT2D eigenvalue weighted by molar-refractivity contribution is 6.31. The molecule has 2 aromatic carbocycles. The second kappa shape index (κ2) is 4.17. The van der Waals surface area contributed by atoms with Crippen molar-refractivity contribution in [3.8, 4) is 17.1 Å². The van der Waals surface area contributed by atoms with Crippen molar-refractivity contribution in [2.75, 3.05) is 5.73 Å². The molecule has 0 spiro atoms. The Bertz CT molecular complexity index is 780. The molecule has 0 aliphatic rings. The van der Waals surface area contributed by atoms with Crippen LogP contribution in [0.4, 0.5) is 5.69 Å². The number of fused-ring (bicyclic) bond motifs is 1. The Kier molecular flexibility index (Phi) is 2.61. The summed E-state index contributed by atoms with van der Waals surface area (Å²) in [5, 5.41) is 10.6. The number of hydrogen-bond donors (Lipinski definition) is 2. The van der Waals surface area contributed by atoms with Gasteiger partial charge in [-0.1, -0.05) is 11.6 Å². The van der Waals surface area contributed by atoms with Crippen molar-refractivity contribution in [2.45, 2.75) is 0 Å². The number of aromatic nitrogens is 2. The smallest absolute Gasteiger partial charge is 0.144 e. The average Bonchev–Trinajstić information content (AvgIpc) is 2.66. The van der Waals surface area contributed by atoms with Crippen LogP contribution in [0.15, 0.2) is 36.4 Å². The van der Waals surface area contributed by atoms with Gasteiger partial charge in [-0.3, -0.25) is 0 Å². The topological polar surface area (TPSA) is 64.1 Å². The fraction of sp³-hybridized carbons (Fsp3) is 0.0714. The van der Waals surface area contributed by atoms with Crippen molar-refractivity contribution in [1.82, 2.24) is 9.55 Å². The number of aryl methyl sites for hydroxylation is 1. The zero-order chi connectivity index (χ0) is 13.6. The van der Waals surface area contributed by atoms with Gasteiger partial charge in [-0.05, 0) is 30.3 Å². The third kappa shape index (κ3) is 1.90. The van der Waals surface area contributed by atoms with Crippen LogP contribution in [-0.2, 0) is 7.05 Å². The molecule has 0 bridgehead atoms. The van der Waals surface area contributed by atoms with E-state index in [1.54, 1.807) is 18.2 Å². The summed E-state index contributed by atoms with van der Waals surface area (Å²) in [5.74, 6) is 0.791. The van der Waals surface area contributed by atoms with Crippen molar-refractivity contribution in [2.24, 2.45) is 7.05 Å². The summed E-state index contributed by atoms with van der Waals surface area (Å²) in [6, 6.07) is 10.5. The molecule has 0 atom stereocenters. The zero-order valence-corrected chi connectivity index (χ0v) is 11.0. The molecule has 0 radical (unpaired) electrons. The summed E-state index contributed by atoms with van der Waals surface area (Å²) in [6.45, 7) is 0. The number of phenols is 1. The number of nitrogens with zero attached hydrogens (tertiary/aromatic N) is 2. The van der Waals surface area contributed by atoms with E-state index in [4.69, 9.17) is 17.3 Å². The maximum absolute atomic E-state index is 9.99. The van der Waals surface area contributed by atoms with Crippen LogP contribution in [-0.4, -0.2) is 14.7 Å². The molecule has 0 saturated heterocycles. The first-order chi connectivity index (χ1) is 9.06. The lowest BCUT2D eigenvalue weighted by atomic mass is 10.1. The molecule has 0 amide bonds. The largest absolute Gasteiger partial charge is 0.507 e. The van der Waals surface area contributed by atoms with Crippen LogP contribution in [0.2, 0.25) is 5.02 Å². The lowest BCUT2D eigenvalue weighted by Gasteiger charge is -2.05. The van der Waals surface area contributed by atoms with E-state index in [0.29, 0.717) is 22.1 Å². The number of hydrogen-bond acceptors (Lipinski definition) is 3. The van der Waals surface area contributed by atoms with E-state index >= 15 is 0 Å². The van der Waals surface area contributed by atoms with Crippen LogP contribution in [0, 0.1) is 0 Å². The Morgan fingerprint density at radius 3 is 2.74 bits per heavy atom. The summed E-state index contributed by atoms with van der Waals surface area (Å²) < 4.78 is 1.91. The molecule has 4 nitrogen and oxygen atoms in total. The highest BCUT2D eigenvalue weighted by atomic mass is 35.5. The molecule has 19 heavy (non-hydrogen) atoms. The van der Waals surface area contributed by atoms with Gasteiger partial charge in [0.25, 0.3) is 0 Å². The van der Waals surface area contributed by atoms with E-state index < -0.39 is 0 Å². The molecule has 0 aliphatic carbocycles. The summed E-state index contributed by atoms with van der Waals surface area (Å²) >= 11 is 5.96. The number of rotatable bonds is 1. The van der Waals surface area contributed by atoms with Crippen molar-refractivity contribution in [3.63, 3.8) is 0 Å². The van der Waals surface area contributed by atoms with E-state index in [-0.39, 0.29) is 5.75 Å². The molecular formula is C14H12ClN3O. The van der Waals surface area contributed by atoms with Gasteiger partial charge in [0.1, 0.15) is 11.6 Å². The van der Waals surface area contributed by atoms with Gasteiger partial charge in [-0.2, -0.15) is 0 Å². The third-order valence-electron chi connectivity index (χ3n) is 3.11. The number of halogens is 1. The van der Waals surface area contributed by atoms with Gasteiger partial charge < -0.3 is 15.4 Å². The highest BCUT2D eigenvalue weighted by Crippen LogP contribution is 2.32. The van der Waals surface area contributed by atoms with Crippen molar-refractivity contribution in [3.05, 3.63) is 41.4 Å².